The number of hydrogen-bond acceptors (Lipinski definition) is 5. The maximum atomic E-state index is 12.3. The number of anilines is 1. The second kappa shape index (κ2) is 7.98. The Balaban J connectivity index is 1.73. The molecule has 0 fully saturated rings. The molecule has 0 aromatic heterocycles. The van der Waals surface area contributed by atoms with Crippen LogP contribution in [0.1, 0.15) is 15.9 Å². The largest absolute Gasteiger partial charge is 0.508 e. The van der Waals surface area contributed by atoms with Crippen LogP contribution in [0.15, 0.2) is 83.8 Å². The summed E-state index contributed by atoms with van der Waals surface area (Å²) in [7, 11) is -3.86. The fourth-order valence-corrected chi connectivity index (χ4v) is 3.56. The second-order valence-corrected chi connectivity index (χ2v) is 7.62. The van der Waals surface area contributed by atoms with Crippen LogP contribution in [0.2, 0.25) is 0 Å². The number of benzene rings is 3. The van der Waals surface area contributed by atoms with Crippen molar-refractivity contribution < 1.29 is 23.4 Å². The van der Waals surface area contributed by atoms with Crippen molar-refractivity contribution in [3.63, 3.8) is 0 Å². The van der Waals surface area contributed by atoms with E-state index in [4.69, 9.17) is 0 Å². The number of nitrogens with one attached hydrogen (secondary N) is 1. The van der Waals surface area contributed by atoms with Crippen molar-refractivity contribution in [3.8, 4) is 11.5 Å². The molecule has 0 atom stereocenters. The Morgan fingerprint density at radius 1 is 0.893 bits per heavy atom. The highest BCUT2D eigenvalue weighted by Crippen LogP contribution is 2.21. The summed E-state index contributed by atoms with van der Waals surface area (Å²) in [6.07, 6.45) is 2.84. The standard InChI is InChI=1S/C21H17NO5S/c23-18-5-3-6-19(14-18)28(26,27)22-17-11-8-16(9-12-17)21(25)13-10-15-4-1-2-7-20(15)24/h1-14,22-24H. The molecule has 0 spiro atoms. The van der Waals surface area contributed by atoms with E-state index < -0.39 is 10.0 Å². The van der Waals surface area contributed by atoms with Gasteiger partial charge in [0, 0.05) is 22.9 Å². The molecule has 0 saturated carbocycles. The lowest BCUT2D eigenvalue weighted by Crippen LogP contribution is -2.12. The smallest absolute Gasteiger partial charge is 0.262 e. The Morgan fingerprint density at radius 3 is 2.29 bits per heavy atom. The van der Waals surface area contributed by atoms with Gasteiger partial charge in [0.15, 0.2) is 5.78 Å². The lowest BCUT2D eigenvalue weighted by molar-refractivity contribution is 0.104. The normalized spacial score (nSPS) is 11.4. The molecule has 0 aliphatic heterocycles. The predicted molar refractivity (Wildman–Crippen MR) is 107 cm³/mol. The number of rotatable bonds is 6. The second-order valence-electron chi connectivity index (χ2n) is 5.94. The third kappa shape index (κ3) is 4.57. The van der Waals surface area contributed by atoms with Crippen molar-refractivity contribution >= 4 is 27.6 Å². The van der Waals surface area contributed by atoms with Gasteiger partial charge in [0.25, 0.3) is 10.0 Å². The van der Waals surface area contributed by atoms with Crippen molar-refractivity contribution in [1.82, 2.24) is 0 Å². The quantitative estimate of drug-likeness (QED) is 0.435. The summed E-state index contributed by atoms with van der Waals surface area (Å²) >= 11 is 0. The number of para-hydroxylation sites is 1. The van der Waals surface area contributed by atoms with E-state index in [0.29, 0.717) is 11.1 Å². The maximum absolute atomic E-state index is 12.3. The minimum atomic E-state index is -3.86. The van der Waals surface area contributed by atoms with Crippen LogP contribution >= 0.6 is 0 Å². The van der Waals surface area contributed by atoms with Crippen molar-refractivity contribution in [2.24, 2.45) is 0 Å². The van der Waals surface area contributed by atoms with Crippen LogP contribution < -0.4 is 4.72 Å². The van der Waals surface area contributed by atoms with Gasteiger partial charge in [-0.05, 0) is 54.6 Å². The molecule has 0 aliphatic carbocycles. The van der Waals surface area contributed by atoms with Crippen molar-refractivity contribution in [1.29, 1.82) is 0 Å². The summed E-state index contributed by atoms with van der Waals surface area (Å²) in [5, 5.41) is 19.1. The molecule has 0 radical (unpaired) electrons. The van der Waals surface area contributed by atoms with E-state index in [1.165, 1.54) is 60.7 Å². The first-order chi connectivity index (χ1) is 13.3. The molecule has 0 amide bonds. The lowest BCUT2D eigenvalue weighted by Gasteiger charge is -2.08. The Kier molecular flexibility index (Phi) is 5.47. The average molecular weight is 395 g/mol. The molecule has 3 N–H and O–H groups in total. The summed E-state index contributed by atoms with van der Waals surface area (Å²) < 4.78 is 27.1. The van der Waals surface area contributed by atoms with Crippen LogP contribution in [0.4, 0.5) is 5.69 Å². The van der Waals surface area contributed by atoms with Gasteiger partial charge in [-0.3, -0.25) is 9.52 Å². The number of aromatic hydroxyl groups is 2. The number of carbonyl (C=O) groups is 1. The van der Waals surface area contributed by atoms with E-state index in [1.807, 2.05) is 0 Å². The van der Waals surface area contributed by atoms with E-state index in [9.17, 15) is 23.4 Å². The van der Waals surface area contributed by atoms with Gasteiger partial charge in [0.1, 0.15) is 11.5 Å². The Morgan fingerprint density at radius 2 is 1.61 bits per heavy atom. The summed E-state index contributed by atoms with van der Waals surface area (Å²) in [4.78, 5) is 12.2. The maximum Gasteiger partial charge on any atom is 0.262 e. The predicted octanol–water partition coefficient (Wildman–Crippen LogP) is 3.79. The number of sulfonamides is 1. The molecule has 0 aliphatic rings. The van der Waals surface area contributed by atoms with Crippen LogP contribution in [0.25, 0.3) is 6.08 Å². The van der Waals surface area contributed by atoms with Crippen LogP contribution in [-0.2, 0) is 10.0 Å². The first kappa shape index (κ1) is 19.2. The van der Waals surface area contributed by atoms with Crippen LogP contribution in [0.5, 0.6) is 11.5 Å². The van der Waals surface area contributed by atoms with E-state index in [2.05, 4.69) is 4.72 Å². The minimum absolute atomic E-state index is 0.0711. The molecule has 3 aromatic rings. The van der Waals surface area contributed by atoms with E-state index in [0.717, 1.165) is 6.07 Å². The molecular weight excluding hydrogens is 378 g/mol. The monoisotopic (exact) mass is 395 g/mol. The lowest BCUT2D eigenvalue weighted by atomic mass is 10.1. The molecule has 7 heteroatoms. The van der Waals surface area contributed by atoms with Crippen molar-refractivity contribution in [3.05, 3.63) is 90.0 Å². The third-order valence-corrected chi connectivity index (χ3v) is 5.28. The zero-order valence-electron chi connectivity index (χ0n) is 14.6. The fraction of sp³-hybridized carbons (Fsp3) is 0. The number of ketones is 1. The summed E-state index contributed by atoms with van der Waals surface area (Å²) in [5.74, 6) is -0.367. The zero-order valence-corrected chi connectivity index (χ0v) is 15.4. The highest BCUT2D eigenvalue weighted by Gasteiger charge is 2.15. The summed E-state index contributed by atoms with van der Waals surface area (Å²) in [5.41, 5.74) is 1.17. The molecule has 28 heavy (non-hydrogen) atoms. The molecule has 142 valence electrons. The van der Waals surface area contributed by atoms with Gasteiger partial charge in [-0.25, -0.2) is 8.42 Å². The summed E-state index contributed by atoms with van der Waals surface area (Å²) in [6, 6.07) is 17.9. The van der Waals surface area contributed by atoms with Gasteiger partial charge in [0.05, 0.1) is 4.90 Å². The zero-order chi connectivity index (χ0) is 20.1. The molecule has 3 aromatic carbocycles. The van der Waals surface area contributed by atoms with E-state index in [1.54, 1.807) is 18.2 Å². The molecular formula is C21H17NO5S. The number of allylic oxidation sites excluding steroid dienone is 1. The van der Waals surface area contributed by atoms with Gasteiger partial charge in [-0.2, -0.15) is 0 Å². The molecule has 0 unspecified atom stereocenters. The SMILES string of the molecule is O=C(C=Cc1ccccc1O)c1ccc(NS(=O)(=O)c2cccc(O)c2)cc1. The number of hydrogen-bond donors (Lipinski definition) is 3. The Bertz CT molecular complexity index is 1140. The average Bonchev–Trinajstić information content (AvgIpc) is 2.67. The first-order valence-electron chi connectivity index (χ1n) is 8.27. The van der Waals surface area contributed by atoms with Crippen LogP contribution in [-0.4, -0.2) is 24.4 Å². The van der Waals surface area contributed by atoms with Gasteiger partial charge in [-0.1, -0.05) is 24.3 Å². The number of phenolic OH excluding ortho intramolecular Hbond substituents is 2. The Labute approximate surface area is 162 Å². The summed E-state index contributed by atoms with van der Waals surface area (Å²) in [6.45, 7) is 0. The van der Waals surface area contributed by atoms with Gasteiger partial charge >= 0.3 is 0 Å². The third-order valence-electron chi connectivity index (χ3n) is 3.90. The molecule has 6 nitrogen and oxygen atoms in total. The molecule has 3 rings (SSSR count). The van der Waals surface area contributed by atoms with Gasteiger partial charge in [0.2, 0.25) is 0 Å². The van der Waals surface area contributed by atoms with Gasteiger partial charge < -0.3 is 10.2 Å². The van der Waals surface area contributed by atoms with Crippen LogP contribution in [0.3, 0.4) is 0 Å². The number of phenols is 2. The molecule has 0 saturated heterocycles. The topological polar surface area (TPSA) is 104 Å². The van der Waals surface area contributed by atoms with E-state index >= 15 is 0 Å². The first-order valence-corrected chi connectivity index (χ1v) is 9.76. The highest BCUT2D eigenvalue weighted by atomic mass is 32.2. The van der Waals surface area contributed by atoms with Crippen molar-refractivity contribution in [2.45, 2.75) is 4.90 Å². The highest BCUT2D eigenvalue weighted by molar-refractivity contribution is 7.92. The van der Waals surface area contributed by atoms with Crippen LogP contribution in [0, 0.1) is 0 Å². The molecule has 0 bridgehead atoms. The van der Waals surface area contributed by atoms with E-state index in [-0.39, 0.29) is 27.9 Å². The number of carbonyl (C=O) groups excluding carboxylic acids is 1. The fourth-order valence-electron chi connectivity index (χ4n) is 2.46. The minimum Gasteiger partial charge on any atom is -0.508 e. The Hall–Kier alpha value is -3.58. The van der Waals surface area contributed by atoms with Crippen molar-refractivity contribution in [2.75, 3.05) is 4.72 Å². The molecule has 0 heterocycles. The van der Waals surface area contributed by atoms with Gasteiger partial charge in [-0.15, -0.1) is 0 Å².